The average molecular weight is 799 g/mol. The molecule has 0 amide bonds. The van der Waals surface area contributed by atoms with Crippen molar-refractivity contribution < 1.29 is 0 Å². The van der Waals surface area contributed by atoms with Crippen LogP contribution in [0.3, 0.4) is 0 Å². The molecule has 0 nitrogen and oxygen atoms in total. The Hall–Kier alpha value is -7.80. The summed E-state index contributed by atoms with van der Waals surface area (Å²) in [6.45, 7) is 4.74. The van der Waals surface area contributed by atoms with Gasteiger partial charge in [-0.05, 0) is 144 Å². The first-order valence-electron chi connectivity index (χ1n) is 22.2. The highest BCUT2D eigenvalue weighted by atomic mass is 14.4. The Morgan fingerprint density at radius 2 is 0.683 bits per heavy atom. The minimum atomic E-state index is -0.0431. The average Bonchev–Trinajstić information content (AvgIpc) is 3.58. The van der Waals surface area contributed by atoms with Crippen molar-refractivity contribution in [2.24, 2.45) is 0 Å². The van der Waals surface area contributed by atoms with Gasteiger partial charge in [-0.1, -0.05) is 220 Å². The van der Waals surface area contributed by atoms with Crippen LogP contribution in [0.2, 0.25) is 0 Å². The Bertz CT molecular complexity index is 3770. The van der Waals surface area contributed by atoms with Gasteiger partial charge in [0, 0.05) is 5.41 Å². The molecule has 0 unspecified atom stereocenters. The van der Waals surface area contributed by atoms with Crippen molar-refractivity contribution in [2.45, 2.75) is 19.3 Å². The summed E-state index contributed by atoms with van der Waals surface area (Å²) in [7, 11) is 0. The normalized spacial score (nSPS) is 13.0. The summed E-state index contributed by atoms with van der Waals surface area (Å²) in [6, 6.07) is 81.6. The molecule has 0 aromatic heterocycles. The van der Waals surface area contributed by atoms with E-state index < -0.39 is 0 Å². The van der Waals surface area contributed by atoms with Gasteiger partial charge in [0.05, 0.1) is 0 Å². The quantitative estimate of drug-likeness (QED) is 0.123. The van der Waals surface area contributed by atoms with Gasteiger partial charge < -0.3 is 0 Å². The van der Waals surface area contributed by atoms with Gasteiger partial charge >= 0.3 is 0 Å². The second kappa shape index (κ2) is 13.6. The standard InChI is InChI=1S/C63H42/c1-63(2)57-22-12-11-21-55(57)62-58(63)36-35-54-48-34-33-46(38-56(48)47-15-5-6-16-49(47)61(54)62)41-25-30-43(31-26-41)60-52-19-9-7-17-50(52)59(51-18-8-10-20-53(51)60)42-28-23-40(24-29-42)45-32-27-39-13-3-4-14-44(39)37-45/h3-38H,1-2H3. The van der Waals surface area contributed by atoms with Crippen molar-refractivity contribution in [3.63, 3.8) is 0 Å². The molecular weight excluding hydrogens is 757 g/mol. The minimum Gasteiger partial charge on any atom is -0.0619 e. The molecule has 0 aliphatic heterocycles. The maximum atomic E-state index is 2.42. The van der Waals surface area contributed by atoms with Crippen molar-refractivity contribution >= 4 is 64.6 Å². The Morgan fingerprint density at radius 3 is 1.32 bits per heavy atom. The van der Waals surface area contributed by atoms with E-state index in [9.17, 15) is 0 Å². The third-order valence-electron chi connectivity index (χ3n) is 14.2. The number of rotatable bonds is 4. The zero-order valence-corrected chi connectivity index (χ0v) is 35.3. The Kier molecular flexibility index (Phi) is 7.75. The van der Waals surface area contributed by atoms with Crippen LogP contribution in [0.1, 0.15) is 25.0 Å². The molecule has 0 radical (unpaired) electrons. The molecule has 0 saturated heterocycles. The summed E-state index contributed by atoms with van der Waals surface area (Å²) in [5.41, 5.74) is 15.4. The molecule has 0 heterocycles. The third kappa shape index (κ3) is 5.35. The molecule has 0 atom stereocenters. The fraction of sp³-hybridized carbons (Fsp3) is 0.0476. The Morgan fingerprint density at radius 1 is 0.254 bits per heavy atom. The molecule has 0 spiro atoms. The molecule has 0 saturated carbocycles. The summed E-state index contributed by atoms with van der Waals surface area (Å²) in [5, 5.41) is 15.5. The van der Waals surface area contributed by atoms with Crippen molar-refractivity contribution in [2.75, 3.05) is 0 Å². The second-order valence-electron chi connectivity index (χ2n) is 17.9. The van der Waals surface area contributed by atoms with Gasteiger partial charge in [0.1, 0.15) is 0 Å². The van der Waals surface area contributed by atoms with Crippen LogP contribution >= 0.6 is 0 Å². The molecule has 63 heavy (non-hydrogen) atoms. The van der Waals surface area contributed by atoms with Crippen molar-refractivity contribution in [1.29, 1.82) is 0 Å². The highest BCUT2D eigenvalue weighted by Gasteiger charge is 2.36. The summed E-state index contributed by atoms with van der Waals surface area (Å²) >= 11 is 0. The van der Waals surface area contributed by atoms with Crippen LogP contribution in [-0.2, 0) is 5.41 Å². The summed E-state index contributed by atoms with van der Waals surface area (Å²) in [6.07, 6.45) is 0. The van der Waals surface area contributed by atoms with Gasteiger partial charge in [0.25, 0.3) is 0 Å². The first-order valence-corrected chi connectivity index (χ1v) is 22.2. The third-order valence-corrected chi connectivity index (χ3v) is 14.2. The van der Waals surface area contributed by atoms with Crippen LogP contribution in [0.15, 0.2) is 218 Å². The van der Waals surface area contributed by atoms with Crippen LogP contribution in [0, 0.1) is 0 Å². The Balaban J connectivity index is 0.919. The number of hydrogen-bond acceptors (Lipinski definition) is 0. The van der Waals surface area contributed by atoms with E-state index in [2.05, 4.69) is 232 Å². The van der Waals surface area contributed by atoms with E-state index >= 15 is 0 Å². The van der Waals surface area contributed by atoms with E-state index in [0.717, 1.165) is 0 Å². The number of benzene rings is 12. The monoisotopic (exact) mass is 798 g/mol. The Labute approximate surface area is 367 Å². The molecular formula is C63H42. The highest BCUT2D eigenvalue weighted by molar-refractivity contribution is 6.30. The number of fused-ring (bicyclic) bond motifs is 13. The van der Waals surface area contributed by atoms with Crippen LogP contribution < -0.4 is 0 Å². The van der Waals surface area contributed by atoms with E-state index in [1.54, 1.807) is 0 Å². The number of hydrogen-bond donors (Lipinski definition) is 0. The lowest BCUT2D eigenvalue weighted by Gasteiger charge is -2.22. The molecule has 0 bridgehead atoms. The summed E-state index contributed by atoms with van der Waals surface area (Å²) < 4.78 is 0. The van der Waals surface area contributed by atoms with Gasteiger partial charge in [-0.25, -0.2) is 0 Å². The SMILES string of the molecule is CC1(C)c2ccccc2-c2c1ccc1c3ccc(-c4ccc(-c5c6ccccc6c(-c6ccc(-c7ccc8ccccc8c7)cc6)c6ccccc56)cc4)cc3c3ccccc3c21. The molecule has 12 aromatic carbocycles. The summed E-state index contributed by atoms with van der Waals surface area (Å²) in [5.74, 6) is 0. The van der Waals surface area contributed by atoms with Crippen LogP contribution in [0.5, 0.6) is 0 Å². The van der Waals surface area contributed by atoms with Gasteiger partial charge in [0.2, 0.25) is 0 Å². The smallest absolute Gasteiger partial charge is 0.0159 e. The minimum absolute atomic E-state index is 0.0431. The molecule has 1 aliphatic carbocycles. The molecule has 1 aliphatic rings. The van der Waals surface area contributed by atoms with Gasteiger partial charge in [-0.2, -0.15) is 0 Å². The van der Waals surface area contributed by atoms with Crippen LogP contribution in [-0.4, -0.2) is 0 Å². The molecule has 0 heteroatoms. The van der Waals surface area contributed by atoms with E-state index in [1.165, 1.54) is 131 Å². The van der Waals surface area contributed by atoms with Crippen molar-refractivity contribution in [3.05, 3.63) is 230 Å². The van der Waals surface area contributed by atoms with E-state index in [-0.39, 0.29) is 5.41 Å². The highest BCUT2D eigenvalue weighted by Crippen LogP contribution is 2.54. The molecule has 0 N–H and O–H groups in total. The lowest BCUT2D eigenvalue weighted by molar-refractivity contribution is 0.661. The first-order chi connectivity index (χ1) is 31.0. The van der Waals surface area contributed by atoms with Gasteiger partial charge in [0.15, 0.2) is 0 Å². The first kappa shape index (κ1) is 35.9. The second-order valence-corrected chi connectivity index (χ2v) is 17.9. The maximum Gasteiger partial charge on any atom is 0.0159 e. The fourth-order valence-electron chi connectivity index (χ4n) is 11.2. The predicted molar refractivity (Wildman–Crippen MR) is 271 cm³/mol. The van der Waals surface area contributed by atoms with Crippen molar-refractivity contribution in [3.8, 4) is 55.6 Å². The molecule has 12 aromatic rings. The van der Waals surface area contributed by atoms with E-state index in [1.807, 2.05) is 0 Å². The predicted octanol–water partition coefficient (Wildman–Crippen LogP) is 17.6. The van der Waals surface area contributed by atoms with Crippen molar-refractivity contribution in [1.82, 2.24) is 0 Å². The van der Waals surface area contributed by atoms with Crippen LogP contribution in [0.25, 0.3) is 120 Å². The molecule has 294 valence electrons. The zero-order valence-electron chi connectivity index (χ0n) is 35.3. The van der Waals surface area contributed by atoms with Gasteiger partial charge in [-0.15, -0.1) is 0 Å². The topological polar surface area (TPSA) is 0 Å². The fourth-order valence-corrected chi connectivity index (χ4v) is 11.2. The lowest BCUT2D eigenvalue weighted by Crippen LogP contribution is -2.14. The molecule has 13 rings (SSSR count). The zero-order chi connectivity index (χ0) is 41.8. The van der Waals surface area contributed by atoms with Gasteiger partial charge in [-0.3, -0.25) is 0 Å². The largest absolute Gasteiger partial charge is 0.0619 e. The van der Waals surface area contributed by atoms with E-state index in [0.29, 0.717) is 0 Å². The summed E-state index contributed by atoms with van der Waals surface area (Å²) in [4.78, 5) is 0. The maximum absolute atomic E-state index is 2.42. The van der Waals surface area contributed by atoms with E-state index in [4.69, 9.17) is 0 Å². The lowest BCUT2D eigenvalue weighted by atomic mass is 9.81. The molecule has 0 fully saturated rings. The van der Waals surface area contributed by atoms with Crippen LogP contribution in [0.4, 0.5) is 0 Å².